The maximum Gasteiger partial charge on any atom is 0.251 e. The number of nitrogens with one attached hydrogen (secondary N) is 1. The Morgan fingerprint density at radius 1 is 1.27 bits per heavy atom. The Labute approximate surface area is 152 Å². The number of morpholine rings is 1. The standard InChI is InChI=1S/C19H24FN3O3/c1-22-16(24)11-26-18(17(22)13-4-2-3-5-14(13)20)19(25)21-15-10-23-8-6-12(15)7-9-23/h2-5,12,15,17-18H,6-11H2,1H3,(H,21,25). The zero-order valence-electron chi connectivity index (χ0n) is 14.9. The van der Waals surface area contributed by atoms with Crippen LogP contribution in [0.2, 0.25) is 0 Å². The van der Waals surface area contributed by atoms with Crippen molar-refractivity contribution in [3.63, 3.8) is 0 Å². The highest BCUT2D eigenvalue weighted by atomic mass is 19.1. The number of halogens is 1. The van der Waals surface area contributed by atoms with E-state index in [0.717, 1.165) is 32.5 Å². The molecule has 140 valence electrons. The third kappa shape index (κ3) is 3.10. The Balaban J connectivity index is 1.55. The van der Waals surface area contributed by atoms with Gasteiger partial charge in [0.1, 0.15) is 12.4 Å². The molecule has 0 saturated carbocycles. The minimum absolute atomic E-state index is 0.0952. The van der Waals surface area contributed by atoms with Crippen LogP contribution in [-0.2, 0) is 14.3 Å². The minimum atomic E-state index is -0.912. The van der Waals surface area contributed by atoms with Crippen molar-refractivity contribution >= 4 is 11.8 Å². The Morgan fingerprint density at radius 3 is 2.65 bits per heavy atom. The van der Waals surface area contributed by atoms with E-state index in [2.05, 4.69) is 10.2 Å². The van der Waals surface area contributed by atoms with E-state index in [1.54, 1.807) is 25.2 Å². The average Bonchev–Trinajstić information content (AvgIpc) is 2.65. The minimum Gasteiger partial charge on any atom is -0.356 e. The second kappa shape index (κ2) is 6.96. The summed E-state index contributed by atoms with van der Waals surface area (Å²) in [6.07, 6.45) is 1.27. The van der Waals surface area contributed by atoms with Gasteiger partial charge in [0.25, 0.3) is 5.91 Å². The van der Waals surface area contributed by atoms with E-state index >= 15 is 0 Å². The Morgan fingerprint density at radius 2 is 2.00 bits per heavy atom. The van der Waals surface area contributed by atoms with Crippen LogP contribution < -0.4 is 5.32 Å². The second-order valence-electron chi connectivity index (χ2n) is 7.46. The third-order valence-corrected chi connectivity index (χ3v) is 5.95. The fraction of sp³-hybridized carbons (Fsp3) is 0.579. The predicted octanol–water partition coefficient (Wildman–Crippen LogP) is 0.934. The molecule has 1 aromatic carbocycles. The van der Waals surface area contributed by atoms with E-state index in [0.29, 0.717) is 11.5 Å². The number of fused-ring (bicyclic) bond motifs is 3. The first-order chi connectivity index (χ1) is 12.5. The molecule has 7 heteroatoms. The molecule has 0 spiro atoms. The van der Waals surface area contributed by atoms with E-state index in [9.17, 15) is 14.0 Å². The molecule has 3 atom stereocenters. The highest BCUT2D eigenvalue weighted by molar-refractivity contribution is 5.86. The fourth-order valence-corrected chi connectivity index (χ4v) is 4.41. The van der Waals surface area contributed by atoms with Crippen molar-refractivity contribution in [3.8, 4) is 0 Å². The second-order valence-corrected chi connectivity index (χ2v) is 7.46. The van der Waals surface area contributed by atoms with Gasteiger partial charge in [-0.25, -0.2) is 4.39 Å². The summed E-state index contributed by atoms with van der Waals surface area (Å²) in [5.74, 6) is -0.483. The lowest BCUT2D eigenvalue weighted by Gasteiger charge is -2.46. The van der Waals surface area contributed by atoms with Gasteiger partial charge in [0, 0.05) is 25.2 Å². The van der Waals surface area contributed by atoms with Crippen LogP contribution in [0.5, 0.6) is 0 Å². The fourth-order valence-electron chi connectivity index (χ4n) is 4.41. The van der Waals surface area contributed by atoms with E-state index < -0.39 is 18.0 Å². The van der Waals surface area contributed by atoms with Crippen LogP contribution in [0.3, 0.4) is 0 Å². The summed E-state index contributed by atoms with van der Waals surface area (Å²) in [5.41, 5.74) is 0.303. The molecular weight excluding hydrogens is 337 g/mol. The number of nitrogens with zero attached hydrogens (tertiary/aromatic N) is 2. The Bertz CT molecular complexity index is 705. The molecule has 4 aliphatic rings. The molecule has 0 radical (unpaired) electrons. The number of carbonyl (C=O) groups excluding carboxylic acids is 2. The molecule has 2 amide bonds. The number of hydrogen-bond donors (Lipinski definition) is 1. The summed E-state index contributed by atoms with van der Waals surface area (Å²) in [6.45, 7) is 2.86. The number of rotatable bonds is 3. The summed E-state index contributed by atoms with van der Waals surface area (Å²) in [6, 6.07) is 5.56. The van der Waals surface area contributed by atoms with E-state index in [4.69, 9.17) is 4.74 Å². The van der Waals surface area contributed by atoms with Crippen LogP contribution in [0.1, 0.15) is 24.4 Å². The molecule has 5 rings (SSSR count). The lowest BCUT2D eigenvalue weighted by atomic mass is 9.84. The van der Waals surface area contributed by atoms with Gasteiger partial charge >= 0.3 is 0 Å². The van der Waals surface area contributed by atoms with Gasteiger partial charge in [-0.1, -0.05) is 18.2 Å². The molecule has 1 aromatic rings. The number of amides is 2. The van der Waals surface area contributed by atoms with Crippen LogP contribution in [0.4, 0.5) is 4.39 Å². The van der Waals surface area contributed by atoms with Crippen LogP contribution in [0.25, 0.3) is 0 Å². The molecule has 6 nitrogen and oxygen atoms in total. The van der Waals surface area contributed by atoms with Gasteiger partial charge in [-0.15, -0.1) is 0 Å². The molecule has 2 bridgehead atoms. The molecule has 0 aliphatic carbocycles. The molecule has 4 fully saturated rings. The predicted molar refractivity (Wildman–Crippen MR) is 92.7 cm³/mol. The summed E-state index contributed by atoms with van der Waals surface area (Å²) >= 11 is 0. The summed E-state index contributed by atoms with van der Waals surface area (Å²) in [7, 11) is 1.59. The smallest absolute Gasteiger partial charge is 0.251 e. The van der Waals surface area contributed by atoms with E-state index in [1.165, 1.54) is 11.0 Å². The third-order valence-electron chi connectivity index (χ3n) is 5.95. The first kappa shape index (κ1) is 17.4. The first-order valence-electron chi connectivity index (χ1n) is 9.19. The first-order valence-corrected chi connectivity index (χ1v) is 9.19. The van der Waals surface area contributed by atoms with E-state index in [1.807, 2.05) is 0 Å². The monoisotopic (exact) mass is 361 g/mol. The van der Waals surface area contributed by atoms with Crippen LogP contribution in [0, 0.1) is 11.7 Å². The maximum atomic E-state index is 14.4. The molecule has 3 unspecified atom stereocenters. The van der Waals surface area contributed by atoms with Gasteiger partial charge < -0.3 is 19.9 Å². The highest BCUT2D eigenvalue weighted by Crippen LogP contribution is 2.32. The van der Waals surface area contributed by atoms with E-state index in [-0.39, 0.29) is 24.5 Å². The molecule has 4 aliphatic heterocycles. The molecule has 4 heterocycles. The quantitative estimate of drug-likeness (QED) is 0.870. The molecule has 0 aromatic heterocycles. The van der Waals surface area contributed by atoms with Gasteiger partial charge in [-0.3, -0.25) is 9.59 Å². The topological polar surface area (TPSA) is 61.9 Å². The van der Waals surface area contributed by atoms with Crippen molar-refractivity contribution in [1.29, 1.82) is 0 Å². The SMILES string of the molecule is CN1C(=O)COC(C(=O)NC2CN3CCC2CC3)C1c1ccccc1F. The Hall–Kier alpha value is -1.99. The van der Waals surface area contributed by atoms with Gasteiger partial charge in [0.2, 0.25) is 5.91 Å². The zero-order valence-corrected chi connectivity index (χ0v) is 14.9. The largest absolute Gasteiger partial charge is 0.356 e. The number of benzene rings is 1. The van der Waals surface area contributed by atoms with Crippen LogP contribution in [0.15, 0.2) is 24.3 Å². The number of hydrogen-bond acceptors (Lipinski definition) is 4. The van der Waals surface area contributed by atoms with Crippen molar-refractivity contribution in [3.05, 3.63) is 35.6 Å². The molecular formula is C19H24FN3O3. The summed E-state index contributed by atoms with van der Waals surface area (Å²) in [4.78, 5) is 28.8. The number of ether oxygens (including phenoxy) is 1. The van der Waals surface area contributed by atoms with Crippen molar-refractivity contribution in [2.75, 3.05) is 33.3 Å². The number of likely N-dealkylation sites (N-methyl/N-ethyl adjacent to an activating group) is 1. The normalized spacial score (nSPS) is 34.0. The van der Waals surface area contributed by atoms with Gasteiger partial charge in [0.15, 0.2) is 6.10 Å². The van der Waals surface area contributed by atoms with Gasteiger partial charge in [-0.2, -0.15) is 0 Å². The zero-order chi connectivity index (χ0) is 18.3. The van der Waals surface area contributed by atoms with Gasteiger partial charge in [0.05, 0.1) is 6.04 Å². The van der Waals surface area contributed by atoms with Crippen molar-refractivity contribution in [2.45, 2.75) is 31.0 Å². The highest BCUT2D eigenvalue weighted by Gasteiger charge is 2.43. The maximum absolute atomic E-state index is 14.4. The average molecular weight is 361 g/mol. The van der Waals surface area contributed by atoms with Crippen molar-refractivity contribution in [2.24, 2.45) is 5.92 Å². The molecule has 26 heavy (non-hydrogen) atoms. The van der Waals surface area contributed by atoms with Crippen LogP contribution in [-0.4, -0.2) is 67.0 Å². The summed E-state index contributed by atoms with van der Waals surface area (Å²) < 4.78 is 19.9. The molecule has 1 N–H and O–H groups in total. The Kier molecular flexibility index (Phi) is 4.67. The summed E-state index contributed by atoms with van der Waals surface area (Å²) in [5, 5.41) is 3.11. The van der Waals surface area contributed by atoms with Crippen molar-refractivity contribution in [1.82, 2.24) is 15.1 Å². The van der Waals surface area contributed by atoms with Crippen LogP contribution >= 0.6 is 0 Å². The van der Waals surface area contributed by atoms with Gasteiger partial charge in [-0.05, 0) is 37.9 Å². The lowest BCUT2D eigenvalue weighted by Crippen LogP contribution is -2.61. The number of carbonyl (C=O) groups is 2. The lowest BCUT2D eigenvalue weighted by molar-refractivity contribution is -0.163. The van der Waals surface area contributed by atoms with Crippen molar-refractivity contribution < 1.29 is 18.7 Å². The number of piperidine rings is 3. The molecule has 4 saturated heterocycles.